The number of carbonyl (C=O) groups excluding carboxylic acids is 2. The van der Waals surface area contributed by atoms with Crippen molar-refractivity contribution in [1.29, 1.82) is 0 Å². The minimum absolute atomic E-state index is 0.166. The average molecular weight is 440 g/mol. The van der Waals surface area contributed by atoms with Crippen LogP contribution in [-0.4, -0.2) is 32.9 Å². The lowest BCUT2D eigenvalue weighted by Gasteiger charge is -2.42. The summed E-state index contributed by atoms with van der Waals surface area (Å²) in [5.41, 5.74) is 1.55. The standard InChI is InChI=1S/C22H22ClN5O3/c23-14-10-13-11-15(20(29)28-9-8-27-7-6-24-16(27)12-28)31-19(13)17-18(14)25-21(30)26-22(17)4-2-1-3-5-22/h6-7,10-11H,1-5,8-9,12H2,(H2,25,26,30). The molecule has 1 saturated carbocycles. The zero-order chi connectivity index (χ0) is 21.2. The number of hydrogen-bond donors (Lipinski definition) is 2. The third kappa shape index (κ3) is 2.85. The fraction of sp³-hybridized carbons (Fsp3) is 0.409. The number of nitrogens with zero attached hydrogens (tertiary/aromatic N) is 3. The Labute approximate surface area is 183 Å². The number of imidazole rings is 1. The van der Waals surface area contributed by atoms with Gasteiger partial charge in [0.1, 0.15) is 11.4 Å². The topological polar surface area (TPSA) is 92.4 Å². The van der Waals surface area contributed by atoms with Gasteiger partial charge in [0.05, 0.1) is 22.8 Å². The largest absolute Gasteiger partial charge is 0.450 e. The summed E-state index contributed by atoms with van der Waals surface area (Å²) in [7, 11) is 0. The van der Waals surface area contributed by atoms with Gasteiger partial charge in [-0.25, -0.2) is 9.78 Å². The first-order valence-electron chi connectivity index (χ1n) is 10.7. The molecule has 31 heavy (non-hydrogen) atoms. The Bertz CT molecular complexity index is 1220. The van der Waals surface area contributed by atoms with Gasteiger partial charge in [-0.05, 0) is 25.0 Å². The molecule has 0 saturated heterocycles. The van der Waals surface area contributed by atoms with Crippen LogP contribution in [0.1, 0.15) is 54.0 Å². The van der Waals surface area contributed by atoms with Gasteiger partial charge < -0.3 is 24.5 Å². The predicted molar refractivity (Wildman–Crippen MR) is 115 cm³/mol. The van der Waals surface area contributed by atoms with Crippen molar-refractivity contribution >= 4 is 40.2 Å². The van der Waals surface area contributed by atoms with E-state index in [0.29, 0.717) is 35.9 Å². The van der Waals surface area contributed by atoms with Gasteiger partial charge in [0, 0.05) is 36.4 Å². The van der Waals surface area contributed by atoms with Crippen molar-refractivity contribution in [1.82, 2.24) is 19.8 Å². The smallest absolute Gasteiger partial charge is 0.319 e. The molecule has 6 rings (SSSR count). The van der Waals surface area contributed by atoms with Crippen LogP contribution in [0, 0.1) is 0 Å². The van der Waals surface area contributed by atoms with E-state index >= 15 is 0 Å². The van der Waals surface area contributed by atoms with Crippen LogP contribution in [0.25, 0.3) is 11.0 Å². The van der Waals surface area contributed by atoms with Gasteiger partial charge in [0.15, 0.2) is 5.76 Å². The lowest BCUT2D eigenvalue weighted by Crippen LogP contribution is -2.52. The van der Waals surface area contributed by atoms with E-state index in [9.17, 15) is 9.59 Å². The molecular formula is C22H22ClN5O3. The highest BCUT2D eigenvalue weighted by Crippen LogP contribution is 2.49. The first kappa shape index (κ1) is 18.7. The summed E-state index contributed by atoms with van der Waals surface area (Å²) >= 11 is 6.58. The van der Waals surface area contributed by atoms with Crippen LogP contribution in [-0.2, 0) is 18.6 Å². The average Bonchev–Trinajstić information content (AvgIpc) is 3.40. The molecule has 0 bridgehead atoms. The molecule has 2 aromatic heterocycles. The Morgan fingerprint density at radius 3 is 2.87 bits per heavy atom. The Kier molecular flexibility index (Phi) is 4.08. The summed E-state index contributed by atoms with van der Waals surface area (Å²) in [5, 5.41) is 7.23. The van der Waals surface area contributed by atoms with Crippen molar-refractivity contribution in [3.05, 3.63) is 46.7 Å². The number of hydrogen-bond acceptors (Lipinski definition) is 4. The molecule has 0 atom stereocenters. The molecule has 3 amide bonds. The highest BCUT2D eigenvalue weighted by Gasteiger charge is 2.44. The van der Waals surface area contributed by atoms with Crippen molar-refractivity contribution in [2.45, 2.75) is 50.7 Å². The van der Waals surface area contributed by atoms with Crippen molar-refractivity contribution in [3.8, 4) is 0 Å². The zero-order valence-electron chi connectivity index (χ0n) is 16.9. The summed E-state index contributed by atoms with van der Waals surface area (Å²) in [4.78, 5) is 31.7. The van der Waals surface area contributed by atoms with Crippen LogP contribution in [0.3, 0.4) is 0 Å². The highest BCUT2D eigenvalue weighted by atomic mass is 35.5. The van der Waals surface area contributed by atoms with Crippen LogP contribution in [0.4, 0.5) is 10.5 Å². The summed E-state index contributed by atoms with van der Waals surface area (Å²) in [6.07, 6.45) is 8.49. The number of fused-ring (bicyclic) bond motifs is 5. The van der Waals surface area contributed by atoms with Crippen LogP contribution < -0.4 is 10.6 Å². The maximum Gasteiger partial charge on any atom is 0.319 e. The number of nitrogens with one attached hydrogen (secondary N) is 2. The van der Waals surface area contributed by atoms with E-state index in [4.69, 9.17) is 16.0 Å². The first-order chi connectivity index (χ1) is 15.0. The Morgan fingerprint density at radius 1 is 1.19 bits per heavy atom. The van der Waals surface area contributed by atoms with E-state index in [0.717, 1.165) is 48.9 Å². The second-order valence-electron chi connectivity index (χ2n) is 8.62. The van der Waals surface area contributed by atoms with E-state index in [-0.39, 0.29) is 17.7 Å². The van der Waals surface area contributed by atoms with Gasteiger partial charge in [-0.15, -0.1) is 0 Å². The van der Waals surface area contributed by atoms with Crippen LogP contribution in [0.2, 0.25) is 5.02 Å². The van der Waals surface area contributed by atoms with E-state index in [2.05, 4.69) is 20.2 Å². The number of furan rings is 1. The molecule has 0 radical (unpaired) electrons. The highest BCUT2D eigenvalue weighted by molar-refractivity contribution is 6.35. The number of urea groups is 1. The minimum atomic E-state index is -0.521. The number of carbonyl (C=O) groups is 2. The van der Waals surface area contributed by atoms with Crippen molar-refractivity contribution < 1.29 is 14.0 Å². The SMILES string of the molecule is O=C1Nc2c(Cl)cc3cc(C(=O)N4CCn5ccnc5C4)oc3c2C2(CCCCC2)N1. The Morgan fingerprint density at radius 2 is 2.03 bits per heavy atom. The molecule has 1 aromatic carbocycles. The molecular weight excluding hydrogens is 418 g/mol. The van der Waals surface area contributed by atoms with E-state index in [1.807, 2.05) is 6.20 Å². The maximum atomic E-state index is 13.3. The normalized spacial score (nSPS) is 19.6. The quantitative estimate of drug-likeness (QED) is 0.593. The molecule has 3 aliphatic rings. The second-order valence-corrected chi connectivity index (χ2v) is 9.03. The molecule has 160 valence electrons. The molecule has 1 spiro atoms. The molecule has 3 aromatic rings. The van der Waals surface area contributed by atoms with Gasteiger partial charge in [-0.2, -0.15) is 0 Å². The van der Waals surface area contributed by atoms with Gasteiger partial charge in [0.25, 0.3) is 5.91 Å². The molecule has 0 unspecified atom stereocenters. The summed E-state index contributed by atoms with van der Waals surface area (Å²) in [6.45, 7) is 1.75. The number of rotatable bonds is 1. The lowest BCUT2D eigenvalue weighted by atomic mass is 9.74. The summed E-state index contributed by atoms with van der Waals surface area (Å²) in [6, 6.07) is 3.28. The van der Waals surface area contributed by atoms with E-state index in [1.54, 1.807) is 23.2 Å². The molecule has 9 heteroatoms. The van der Waals surface area contributed by atoms with Crippen molar-refractivity contribution in [2.24, 2.45) is 0 Å². The summed E-state index contributed by atoms with van der Waals surface area (Å²) < 4.78 is 8.26. The third-order valence-corrected chi connectivity index (χ3v) is 7.08. The Hall–Kier alpha value is -3.00. The fourth-order valence-electron chi connectivity index (χ4n) is 5.29. The number of anilines is 1. The van der Waals surface area contributed by atoms with Crippen LogP contribution in [0.5, 0.6) is 0 Å². The van der Waals surface area contributed by atoms with Gasteiger partial charge in [-0.1, -0.05) is 30.9 Å². The fourth-order valence-corrected chi connectivity index (χ4v) is 5.55. The van der Waals surface area contributed by atoms with Crippen molar-refractivity contribution in [2.75, 3.05) is 11.9 Å². The third-order valence-electron chi connectivity index (χ3n) is 6.78. The molecule has 2 aliphatic heterocycles. The lowest BCUT2D eigenvalue weighted by molar-refractivity contribution is 0.0677. The molecule has 8 nitrogen and oxygen atoms in total. The molecule has 1 aliphatic carbocycles. The maximum absolute atomic E-state index is 13.3. The van der Waals surface area contributed by atoms with Gasteiger partial charge in [0.2, 0.25) is 0 Å². The zero-order valence-corrected chi connectivity index (χ0v) is 17.7. The minimum Gasteiger partial charge on any atom is -0.450 e. The van der Waals surface area contributed by atoms with Gasteiger partial charge in [-0.3, -0.25) is 4.79 Å². The number of amides is 3. The van der Waals surface area contributed by atoms with E-state index < -0.39 is 5.54 Å². The predicted octanol–water partition coefficient (Wildman–Crippen LogP) is 4.23. The summed E-state index contributed by atoms with van der Waals surface area (Å²) in [5.74, 6) is 0.979. The number of benzene rings is 1. The molecule has 1 fully saturated rings. The van der Waals surface area contributed by atoms with Gasteiger partial charge >= 0.3 is 6.03 Å². The number of aromatic nitrogens is 2. The molecule has 4 heterocycles. The Balaban J connectivity index is 1.44. The van der Waals surface area contributed by atoms with Crippen LogP contribution >= 0.6 is 11.6 Å². The van der Waals surface area contributed by atoms with E-state index in [1.165, 1.54) is 0 Å². The number of halogens is 1. The second kappa shape index (κ2) is 6.75. The molecule has 2 N–H and O–H groups in total. The first-order valence-corrected chi connectivity index (χ1v) is 11.1. The van der Waals surface area contributed by atoms with Crippen molar-refractivity contribution in [3.63, 3.8) is 0 Å². The monoisotopic (exact) mass is 439 g/mol. The van der Waals surface area contributed by atoms with Crippen LogP contribution in [0.15, 0.2) is 28.9 Å².